The Labute approximate surface area is 130 Å². The summed E-state index contributed by atoms with van der Waals surface area (Å²) < 4.78 is 33.8. The quantitative estimate of drug-likeness (QED) is 0.914. The topological polar surface area (TPSA) is 58.6 Å². The van der Waals surface area contributed by atoms with Gasteiger partial charge in [0.05, 0.1) is 18.8 Å². The molecule has 2 fully saturated rings. The molecule has 0 spiro atoms. The van der Waals surface area contributed by atoms with Gasteiger partial charge >= 0.3 is 0 Å². The van der Waals surface area contributed by atoms with Crippen molar-refractivity contribution in [2.24, 2.45) is 0 Å². The molecule has 7 heteroatoms. The SMILES string of the molecule is CNCc1csc(S(=O)(=O)N2CCOC3CCCCC32)c1. The zero-order chi connectivity index (χ0) is 14.9. The molecule has 5 nitrogen and oxygen atoms in total. The van der Waals surface area contributed by atoms with Crippen molar-refractivity contribution in [1.82, 2.24) is 9.62 Å². The molecule has 1 N–H and O–H groups in total. The minimum atomic E-state index is -3.39. The molecule has 2 aliphatic rings. The maximum atomic E-state index is 12.9. The number of morpholine rings is 1. The van der Waals surface area contributed by atoms with E-state index in [0.717, 1.165) is 31.2 Å². The van der Waals surface area contributed by atoms with Gasteiger partial charge < -0.3 is 10.1 Å². The Morgan fingerprint density at radius 3 is 3.05 bits per heavy atom. The van der Waals surface area contributed by atoms with Crippen LogP contribution in [-0.2, 0) is 21.3 Å². The molecule has 2 heterocycles. The van der Waals surface area contributed by atoms with Crippen LogP contribution in [0.25, 0.3) is 0 Å². The Balaban J connectivity index is 1.85. The summed E-state index contributed by atoms with van der Waals surface area (Å²) >= 11 is 1.32. The molecule has 1 saturated carbocycles. The molecule has 118 valence electrons. The van der Waals surface area contributed by atoms with Gasteiger partial charge in [0.15, 0.2) is 0 Å². The van der Waals surface area contributed by atoms with E-state index in [4.69, 9.17) is 4.74 Å². The first-order valence-electron chi connectivity index (χ1n) is 7.48. The normalized spacial score (nSPS) is 27.5. The van der Waals surface area contributed by atoms with E-state index in [9.17, 15) is 8.42 Å². The first-order valence-corrected chi connectivity index (χ1v) is 9.80. The van der Waals surface area contributed by atoms with Gasteiger partial charge in [-0.1, -0.05) is 12.8 Å². The first kappa shape index (κ1) is 15.4. The highest BCUT2D eigenvalue weighted by Crippen LogP contribution is 2.33. The summed E-state index contributed by atoms with van der Waals surface area (Å²) in [6, 6.07) is 1.82. The van der Waals surface area contributed by atoms with Gasteiger partial charge in [0.25, 0.3) is 10.0 Å². The molecule has 2 atom stereocenters. The van der Waals surface area contributed by atoms with Crippen LogP contribution in [0.15, 0.2) is 15.7 Å². The number of thiophene rings is 1. The molecule has 1 aliphatic heterocycles. The second kappa shape index (κ2) is 6.34. The summed E-state index contributed by atoms with van der Waals surface area (Å²) in [6.07, 6.45) is 4.20. The molecular formula is C14H22N2O3S2. The second-order valence-corrected chi connectivity index (χ2v) is 8.71. The number of nitrogens with zero attached hydrogens (tertiary/aromatic N) is 1. The van der Waals surface area contributed by atoms with Gasteiger partial charge in [-0.05, 0) is 36.9 Å². The van der Waals surface area contributed by atoms with E-state index in [1.54, 1.807) is 10.4 Å². The molecule has 21 heavy (non-hydrogen) atoms. The largest absolute Gasteiger partial charge is 0.375 e. The molecule has 0 aromatic carbocycles. The highest BCUT2D eigenvalue weighted by molar-refractivity contribution is 7.91. The lowest BCUT2D eigenvalue weighted by molar-refractivity contribution is -0.0585. The van der Waals surface area contributed by atoms with Crippen LogP contribution in [0.3, 0.4) is 0 Å². The third kappa shape index (κ3) is 3.03. The monoisotopic (exact) mass is 330 g/mol. The summed E-state index contributed by atoms with van der Waals surface area (Å²) in [4.78, 5) is 0. The summed E-state index contributed by atoms with van der Waals surface area (Å²) in [5.41, 5.74) is 1.02. The molecule has 0 radical (unpaired) electrons. The first-order chi connectivity index (χ1) is 10.1. The van der Waals surface area contributed by atoms with Crippen LogP contribution in [0.2, 0.25) is 0 Å². The van der Waals surface area contributed by atoms with E-state index >= 15 is 0 Å². The van der Waals surface area contributed by atoms with E-state index in [-0.39, 0.29) is 12.1 Å². The van der Waals surface area contributed by atoms with Crippen LogP contribution < -0.4 is 5.32 Å². The lowest BCUT2D eigenvalue weighted by Crippen LogP contribution is -2.54. The Morgan fingerprint density at radius 2 is 2.24 bits per heavy atom. The minimum Gasteiger partial charge on any atom is -0.375 e. The van der Waals surface area contributed by atoms with Crippen molar-refractivity contribution in [2.75, 3.05) is 20.2 Å². The highest BCUT2D eigenvalue weighted by Gasteiger charge is 2.41. The Morgan fingerprint density at radius 1 is 1.43 bits per heavy atom. The Bertz CT molecular complexity index is 583. The average Bonchev–Trinajstić information content (AvgIpc) is 2.96. The van der Waals surface area contributed by atoms with Gasteiger partial charge in [-0.3, -0.25) is 0 Å². The molecule has 3 rings (SSSR count). The smallest absolute Gasteiger partial charge is 0.252 e. The number of nitrogens with one attached hydrogen (secondary N) is 1. The zero-order valence-electron chi connectivity index (χ0n) is 12.2. The second-order valence-electron chi connectivity index (χ2n) is 5.68. The molecule has 1 aromatic rings. The summed E-state index contributed by atoms with van der Waals surface area (Å²) in [5, 5.41) is 4.97. The van der Waals surface area contributed by atoms with Crippen molar-refractivity contribution in [3.05, 3.63) is 17.0 Å². The highest BCUT2D eigenvalue weighted by atomic mass is 32.2. The van der Waals surface area contributed by atoms with Crippen LogP contribution in [0.4, 0.5) is 0 Å². The number of hydrogen-bond acceptors (Lipinski definition) is 5. The van der Waals surface area contributed by atoms with Crippen LogP contribution in [0.1, 0.15) is 31.2 Å². The van der Waals surface area contributed by atoms with E-state index in [1.165, 1.54) is 11.3 Å². The number of fused-ring (bicyclic) bond motifs is 1. The number of rotatable bonds is 4. The average molecular weight is 330 g/mol. The van der Waals surface area contributed by atoms with Gasteiger partial charge in [-0.2, -0.15) is 4.31 Å². The van der Waals surface area contributed by atoms with Gasteiger partial charge in [-0.25, -0.2) is 8.42 Å². The van der Waals surface area contributed by atoms with Crippen molar-refractivity contribution in [2.45, 2.75) is 48.6 Å². The van der Waals surface area contributed by atoms with Crippen LogP contribution in [-0.4, -0.2) is 45.1 Å². The Hall–Kier alpha value is -0.470. The molecule has 1 aliphatic carbocycles. The summed E-state index contributed by atoms with van der Waals surface area (Å²) in [6.45, 7) is 1.68. The van der Waals surface area contributed by atoms with Gasteiger partial charge in [0.1, 0.15) is 4.21 Å². The van der Waals surface area contributed by atoms with E-state index in [0.29, 0.717) is 23.9 Å². The Kier molecular flexibility index (Phi) is 4.66. The van der Waals surface area contributed by atoms with Crippen LogP contribution in [0.5, 0.6) is 0 Å². The predicted octanol–water partition coefficient (Wildman–Crippen LogP) is 1.80. The molecule has 2 unspecified atom stereocenters. The lowest BCUT2D eigenvalue weighted by Gasteiger charge is -2.42. The van der Waals surface area contributed by atoms with Crippen molar-refractivity contribution in [3.63, 3.8) is 0 Å². The fourth-order valence-corrected chi connectivity index (χ4v) is 6.26. The van der Waals surface area contributed by atoms with E-state index in [2.05, 4.69) is 5.32 Å². The maximum absolute atomic E-state index is 12.9. The molecule has 0 bridgehead atoms. The van der Waals surface area contributed by atoms with E-state index < -0.39 is 10.0 Å². The van der Waals surface area contributed by atoms with Crippen LogP contribution >= 0.6 is 11.3 Å². The standard InChI is InChI=1S/C14H22N2O3S2/c1-15-9-11-8-14(20-10-11)21(17,18)16-6-7-19-13-5-3-2-4-12(13)16/h8,10,12-13,15H,2-7,9H2,1H3. The molecular weight excluding hydrogens is 308 g/mol. The number of ether oxygens (including phenoxy) is 1. The van der Waals surface area contributed by atoms with Gasteiger partial charge in [-0.15, -0.1) is 11.3 Å². The van der Waals surface area contributed by atoms with Gasteiger partial charge in [0.2, 0.25) is 0 Å². The summed E-state index contributed by atoms with van der Waals surface area (Å²) in [7, 11) is -1.52. The molecule has 0 amide bonds. The molecule has 1 saturated heterocycles. The fourth-order valence-electron chi connectivity index (χ4n) is 3.26. The minimum absolute atomic E-state index is 0.0207. The van der Waals surface area contributed by atoms with Gasteiger partial charge in [0, 0.05) is 13.1 Å². The number of hydrogen-bond donors (Lipinski definition) is 1. The van der Waals surface area contributed by atoms with Crippen molar-refractivity contribution in [1.29, 1.82) is 0 Å². The fraction of sp³-hybridized carbons (Fsp3) is 0.714. The zero-order valence-corrected chi connectivity index (χ0v) is 13.9. The maximum Gasteiger partial charge on any atom is 0.252 e. The predicted molar refractivity (Wildman–Crippen MR) is 83.0 cm³/mol. The lowest BCUT2D eigenvalue weighted by atomic mass is 9.91. The third-order valence-corrected chi connectivity index (χ3v) is 7.64. The molecule has 1 aromatic heterocycles. The number of sulfonamides is 1. The van der Waals surface area contributed by atoms with Crippen molar-refractivity contribution in [3.8, 4) is 0 Å². The van der Waals surface area contributed by atoms with Crippen LogP contribution in [0, 0.1) is 0 Å². The van der Waals surface area contributed by atoms with Crippen molar-refractivity contribution < 1.29 is 13.2 Å². The summed E-state index contributed by atoms with van der Waals surface area (Å²) in [5.74, 6) is 0. The third-order valence-electron chi connectivity index (χ3n) is 4.25. The van der Waals surface area contributed by atoms with E-state index in [1.807, 2.05) is 12.4 Å². The van der Waals surface area contributed by atoms with Crippen molar-refractivity contribution >= 4 is 21.4 Å².